The van der Waals surface area contributed by atoms with Gasteiger partial charge in [0.1, 0.15) is 18.3 Å². The fourth-order valence-corrected chi connectivity index (χ4v) is 3.27. The van der Waals surface area contributed by atoms with Gasteiger partial charge in [-0.3, -0.25) is 4.79 Å². The maximum absolute atomic E-state index is 11.9. The number of carboxylic acids is 1. The molecule has 0 aliphatic carbocycles. The Morgan fingerprint density at radius 2 is 1.29 bits per heavy atom. The summed E-state index contributed by atoms with van der Waals surface area (Å²) in [6.07, 6.45) is 4.12. The van der Waals surface area contributed by atoms with Crippen LogP contribution < -0.4 is 0 Å². The zero-order chi connectivity index (χ0) is 20.9. The van der Waals surface area contributed by atoms with Crippen LogP contribution >= 0.6 is 0 Å². The standard InChI is InChI=1S/C20H36O8/c1-2-3-4-5-6-7-8-9-10-11-12-13-14(21)27-20-17(24)15(22)16(23)18(28-20)19(25)26/h15-18,20,22-24H,2-13H2,1H3,(H,25,26)/t15-,16-,17+,18-,20?/m0/s1. The van der Waals surface area contributed by atoms with Gasteiger partial charge in [0.05, 0.1) is 0 Å². The summed E-state index contributed by atoms with van der Waals surface area (Å²) in [6, 6.07) is 0. The second-order valence-corrected chi connectivity index (χ2v) is 7.51. The van der Waals surface area contributed by atoms with Gasteiger partial charge in [-0.1, -0.05) is 71.1 Å². The number of carbonyl (C=O) groups is 2. The molecule has 0 radical (unpaired) electrons. The van der Waals surface area contributed by atoms with Crippen molar-refractivity contribution in [2.75, 3.05) is 0 Å². The van der Waals surface area contributed by atoms with E-state index in [1.807, 2.05) is 0 Å². The summed E-state index contributed by atoms with van der Waals surface area (Å²) >= 11 is 0. The first-order chi connectivity index (χ1) is 13.4. The van der Waals surface area contributed by atoms with Crippen molar-refractivity contribution in [3.63, 3.8) is 0 Å². The molecule has 0 aromatic carbocycles. The minimum atomic E-state index is -1.80. The fourth-order valence-electron chi connectivity index (χ4n) is 3.27. The normalized spacial score (nSPS) is 27.5. The van der Waals surface area contributed by atoms with Gasteiger partial charge in [-0.2, -0.15) is 0 Å². The number of carbonyl (C=O) groups excluding carboxylic acids is 1. The smallest absolute Gasteiger partial charge is 0.335 e. The Morgan fingerprint density at radius 1 is 0.786 bits per heavy atom. The van der Waals surface area contributed by atoms with Crippen LogP contribution in [0.2, 0.25) is 0 Å². The van der Waals surface area contributed by atoms with Crippen molar-refractivity contribution in [2.45, 2.75) is 115 Å². The van der Waals surface area contributed by atoms with Crippen LogP contribution in [0.15, 0.2) is 0 Å². The molecule has 0 aromatic heterocycles. The number of hydrogen-bond acceptors (Lipinski definition) is 7. The van der Waals surface area contributed by atoms with E-state index < -0.39 is 42.6 Å². The summed E-state index contributed by atoms with van der Waals surface area (Å²) in [6.45, 7) is 2.21. The van der Waals surface area contributed by atoms with Gasteiger partial charge in [0.15, 0.2) is 6.10 Å². The second-order valence-electron chi connectivity index (χ2n) is 7.51. The van der Waals surface area contributed by atoms with Gasteiger partial charge in [0.2, 0.25) is 6.29 Å². The summed E-state index contributed by atoms with van der Waals surface area (Å²) < 4.78 is 9.87. The number of aliphatic hydroxyl groups excluding tert-OH is 3. The Balaban J connectivity index is 2.13. The molecule has 0 amide bonds. The Labute approximate surface area is 166 Å². The van der Waals surface area contributed by atoms with Crippen molar-refractivity contribution < 1.29 is 39.5 Å². The molecule has 0 bridgehead atoms. The molecule has 1 rings (SSSR count). The molecule has 1 unspecified atom stereocenters. The lowest BCUT2D eigenvalue weighted by atomic mass is 9.99. The van der Waals surface area contributed by atoms with E-state index in [0.29, 0.717) is 6.42 Å². The quantitative estimate of drug-likeness (QED) is 0.256. The summed E-state index contributed by atoms with van der Waals surface area (Å²) in [4.78, 5) is 22.9. The summed E-state index contributed by atoms with van der Waals surface area (Å²) in [7, 11) is 0. The van der Waals surface area contributed by atoms with Crippen molar-refractivity contribution in [1.29, 1.82) is 0 Å². The van der Waals surface area contributed by atoms with Gasteiger partial charge < -0.3 is 29.9 Å². The maximum Gasteiger partial charge on any atom is 0.335 e. The molecule has 1 aliphatic heterocycles. The third-order valence-electron chi connectivity index (χ3n) is 5.05. The van der Waals surface area contributed by atoms with Crippen LogP contribution in [0.5, 0.6) is 0 Å². The zero-order valence-electron chi connectivity index (χ0n) is 16.8. The van der Waals surface area contributed by atoms with Crippen LogP contribution in [0.4, 0.5) is 0 Å². The highest BCUT2D eigenvalue weighted by Gasteiger charge is 2.48. The number of aliphatic carboxylic acids is 1. The molecule has 1 saturated heterocycles. The maximum atomic E-state index is 11.9. The first-order valence-corrected chi connectivity index (χ1v) is 10.5. The zero-order valence-corrected chi connectivity index (χ0v) is 16.8. The molecule has 1 fully saturated rings. The Kier molecular flexibility index (Phi) is 12.3. The van der Waals surface area contributed by atoms with Crippen LogP contribution in [-0.2, 0) is 19.1 Å². The summed E-state index contributed by atoms with van der Waals surface area (Å²) in [5.41, 5.74) is 0. The van der Waals surface area contributed by atoms with Crippen molar-refractivity contribution in [2.24, 2.45) is 0 Å². The minimum absolute atomic E-state index is 0.125. The second kappa shape index (κ2) is 13.9. The third kappa shape index (κ3) is 8.86. The lowest BCUT2D eigenvalue weighted by Crippen LogP contribution is -2.60. The lowest BCUT2D eigenvalue weighted by molar-refractivity contribution is -0.286. The first kappa shape index (κ1) is 24.8. The van der Waals surface area contributed by atoms with Crippen LogP contribution in [0.25, 0.3) is 0 Å². The predicted octanol–water partition coefficient (Wildman–Crippen LogP) is 2.12. The molecule has 8 heteroatoms. The molecule has 1 heterocycles. The molecule has 164 valence electrons. The monoisotopic (exact) mass is 404 g/mol. The highest BCUT2D eigenvalue weighted by molar-refractivity contribution is 5.73. The number of unbranched alkanes of at least 4 members (excludes halogenated alkanes) is 10. The molecule has 4 N–H and O–H groups in total. The molecule has 0 aromatic rings. The largest absolute Gasteiger partial charge is 0.479 e. The van der Waals surface area contributed by atoms with Crippen LogP contribution in [0.1, 0.15) is 84.0 Å². The van der Waals surface area contributed by atoms with Gasteiger partial charge in [-0.15, -0.1) is 0 Å². The Hall–Kier alpha value is -1.22. The highest BCUT2D eigenvalue weighted by atomic mass is 16.7. The number of hydrogen-bond donors (Lipinski definition) is 4. The molecule has 28 heavy (non-hydrogen) atoms. The van der Waals surface area contributed by atoms with Gasteiger partial charge in [-0.25, -0.2) is 4.79 Å². The fraction of sp³-hybridized carbons (Fsp3) is 0.900. The summed E-state index contributed by atoms with van der Waals surface area (Å²) in [5.74, 6) is -2.14. The van der Waals surface area contributed by atoms with E-state index in [2.05, 4.69) is 6.92 Å². The van der Waals surface area contributed by atoms with Gasteiger partial charge in [-0.05, 0) is 6.42 Å². The van der Waals surface area contributed by atoms with Crippen molar-refractivity contribution in [3.8, 4) is 0 Å². The third-order valence-corrected chi connectivity index (χ3v) is 5.05. The van der Waals surface area contributed by atoms with E-state index >= 15 is 0 Å². The van der Waals surface area contributed by atoms with Crippen molar-refractivity contribution in [1.82, 2.24) is 0 Å². The van der Waals surface area contributed by atoms with E-state index in [1.54, 1.807) is 0 Å². The molecular weight excluding hydrogens is 368 g/mol. The van der Waals surface area contributed by atoms with Crippen LogP contribution in [-0.4, -0.2) is 63.1 Å². The highest BCUT2D eigenvalue weighted by Crippen LogP contribution is 2.23. The molecular formula is C20H36O8. The SMILES string of the molecule is CCCCCCCCCCCCCC(=O)OC1O[C@H](C(=O)O)[C@@H](O)[C@H](O)[C@H]1O. The van der Waals surface area contributed by atoms with E-state index in [4.69, 9.17) is 14.6 Å². The van der Waals surface area contributed by atoms with Crippen molar-refractivity contribution in [3.05, 3.63) is 0 Å². The van der Waals surface area contributed by atoms with Gasteiger partial charge in [0, 0.05) is 6.42 Å². The van der Waals surface area contributed by atoms with Gasteiger partial charge >= 0.3 is 11.9 Å². The number of rotatable bonds is 14. The van der Waals surface area contributed by atoms with E-state index in [0.717, 1.165) is 19.3 Å². The van der Waals surface area contributed by atoms with Crippen LogP contribution in [0.3, 0.4) is 0 Å². The Bertz CT molecular complexity index is 455. The predicted molar refractivity (Wildman–Crippen MR) is 101 cm³/mol. The van der Waals surface area contributed by atoms with E-state index in [9.17, 15) is 24.9 Å². The first-order valence-electron chi connectivity index (χ1n) is 10.5. The van der Waals surface area contributed by atoms with Crippen LogP contribution in [0, 0.1) is 0 Å². The van der Waals surface area contributed by atoms with E-state index in [1.165, 1.54) is 44.9 Å². The minimum Gasteiger partial charge on any atom is -0.479 e. The lowest BCUT2D eigenvalue weighted by Gasteiger charge is -2.37. The number of ether oxygens (including phenoxy) is 2. The van der Waals surface area contributed by atoms with E-state index in [-0.39, 0.29) is 6.42 Å². The Morgan fingerprint density at radius 3 is 1.79 bits per heavy atom. The molecule has 5 atom stereocenters. The van der Waals surface area contributed by atoms with Crippen molar-refractivity contribution >= 4 is 11.9 Å². The average Bonchev–Trinajstić information content (AvgIpc) is 2.66. The molecule has 0 spiro atoms. The topological polar surface area (TPSA) is 134 Å². The molecule has 1 aliphatic rings. The summed E-state index contributed by atoms with van der Waals surface area (Å²) in [5, 5.41) is 38.1. The van der Waals surface area contributed by atoms with Gasteiger partial charge in [0.25, 0.3) is 0 Å². The molecule has 8 nitrogen and oxygen atoms in total. The number of esters is 1. The molecule has 0 saturated carbocycles. The number of aliphatic hydroxyl groups is 3. The average molecular weight is 405 g/mol. The number of carboxylic acid groups (broad SMARTS) is 1.